The third-order valence-electron chi connectivity index (χ3n) is 4.50. The molecule has 1 aromatic carbocycles. The van der Waals surface area contributed by atoms with E-state index in [0.29, 0.717) is 18.7 Å². The molecule has 0 aliphatic carbocycles. The summed E-state index contributed by atoms with van der Waals surface area (Å²) in [6.45, 7) is 8.96. The number of hydrogen-bond acceptors (Lipinski definition) is 3. The van der Waals surface area contributed by atoms with Gasteiger partial charge in [-0.2, -0.15) is 0 Å². The molecule has 0 aliphatic heterocycles. The molecule has 1 N–H and O–H groups in total. The van der Waals surface area contributed by atoms with E-state index in [9.17, 15) is 9.59 Å². The zero-order chi connectivity index (χ0) is 19.3. The van der Waals surface area contributed by atoms with Gasteiger partial charge < -0.3 is 19.5 Å². The van der Waals surface area contributed by atoms with Gasteiger partial charge in [-0.1, -0.05) is 6.07 Å². The number of benzene rings is 1. The molecule has 0 aliphatic rings. The van der Waals surface area contributed by atoms with Crippen LogP contribution in [0.25, 0.3) is 5.69 Å². The number of ether oxygens (including phenoxy) is 1. The molecule has 6 nitrogen and oxygen atoms in total. The molecule has 0 atom stereocenters. The Hall–Kier alpha value is -2.76. The lowest BCUT2D eigenvalue weighted by molar-refractivity contribution is -0.129. The van der Waals surface area contributed by atoms with Crippen LogP contribution in [0.4, 0.5) is 0 Å². The zero-order valence-electron chi connectivity index (χ0n) is 16.1. The van der Waals surface area contributed by atoms with E-state index in [0.717, 1.165) is 22.8 Å². The van der Waals surface area contributed by atoms with Gasteiger partial charge in [0, 0.05) is 36.2 Å². The summed E-state index contributed by atoms with van der Waals surface area (Å²) in [5.74, 6) is 0.434. The Labute approximate surface area is 154 Å². The van der Waals surface area contributed by atoms with E-state index in [1.807, 2.05) is 62.6 Å². The number of nitrogens with zero attached hydrogens (tertiary/aromatic N) is 2. The van der Waals surface area contributed by atoms with Crippen LogP contribution in [0.3, 0.4) is 0 Å². The summed E-state index contributed by atoms with van der Waals surface area (Å²) >= 11 is 0. The predicted octanol–water partition coefficient (Wildman–Crippen LogP) is 2.70. The maximum Gasteiger partial charge on any atom is 0.253 e. The minimum atomic E-state index is -0.243. The Morgan fingerprint density at radius 3 is 2.46 bits per heavy atom. The molecule has 2 rings (SSSR count). The Bertz CT molecular complexity index is 792. The van der Waals surface area contributed by atoms with Crippen molar-refractivity contribution in [2.24, 2.45) is 0 Å². The number of aryl methyl sites for hydroxylation is 1. The van der Waals surface area contributed by atoms with Crippen LogP contribution in [0, 0.1) is 13.8 Å². The zero-order valence-corrected chi connectivity index (χ0v) is 16.1. The molecule has 1 heterocycles. The highest BCUT2D eigenvalue weighted by molar-refractivity contribution is 5.97. The van der Waals surface area contributed by atoms with Crippen molar-refractivity contribution in [1.29, 1.82) is 0 Å². The van der Waals surface area contributed by atoms with E-state index in [-0.39, 0.29) is 18.4 Å². The summed E-state index contributed by atoms with van der Waals surface area (Å²) in [7, 11) is 1.63. The van der Waals surface area contributed by atoms with Crippen LogP contribution in [0.2, 0.25) is 0 Å². The molecule has 0 saturated heterocycles. The van der Waals surface area contributed by atoms with Gasteiger partial charge in [-0.3, -0.25) is 9.59 Å². The summed E-state index contributed by atoms with van der Waals surface area (Å²) in [6.07, 6.45) is 0. The van der Waals surface area contributed by atoms with Crippen molar-refractivity contribution in [3.63, 3.8) is 0 Å². The predicted molar refractivity (Wildman–Crippen MR) is 102 cm³/mol. The van der Waals surface area contributed by atoms with Crippen molar-refractivity contribution in [2.45, 2.75) is 27.7 Å². The van der Waals surface area contributed by atoms with E-state index in [4.69, 9.17) is 4.74 Å². The molecule has 0 spiro atoms. The first-order valence-electron chi connectivity index (χ1n) is 8.82. The molecule has 140 valence electrons. The summed E-state index contributed by atoms with van der Waals surface area (Å²) in [4.78, 5) is 26.3. The highest BCUT2D eigenvalue weighted by Crippen LogP contribution is 2.23. The van der Waals surface area contributed by atoms with E-state index in [1.165, 1.54) is 0 Å². The van der Waals surface area contributed by atoms with Gasteiger partial charge in [-0.25, -0.2) is 0 Å². The average Bonchev–Trinajstić information content (AvgIpc) is 2.95. The Kier molecular flexibility index (Phi) is 6.44. The number of nitrogens with one attached hydrogen (secondary N) is 1. The fourth-order valence-corrected chi connectivity index (χ4v) is 3.08. The molecule has 2 amide bonds. The molecule has 1 aromatic heterocycles. The SMILES string of the molecule is CCN(CC)C(=O)CNC(=O)c1cc(C)n(-c2cccc(OC)c2)c1C. The quantitative estimate of drug-likeness (QED) is 0.829. The van der Waals surface area contributed by atoms with Crippen molar-refractivity contribution in [2.75, 3.05) is 26.7 Å². The van der Waals surface area contributed by atoms with Crippen molar-refractivity contribution < 1.29 is 14.3 Å². The van der Waals surface area contributed by atoms with E-state index >= 15 is 0 Å². The number of methoxy groups -OCH3 is 1. The lowest BCUT2D eigenvalue weighted by Gasteiger charge is -2.18. The van der Waals surface area contributed by atoms with Crippen molar-refractivity contribution in [1.82, 2.24) is 14.8 Å². The fraction of sp³-hybridized carbons (Fsp3) is 0.400. The molecule has 0 bridgehead atoms. The van der Waals surface area contributed by atoms with Crippen LogP contribution in [-0.4, -0.2) is 48.0 Å². The standard InChI is InChI=1S/C20H27N3O3/c1-6-22(7-2)19(24)13-21-20(25)18-11-14(3)23(15(18)4)16-9-8-10-17(12-16)26-5/h8-12H,6-7,13H2,1-5H3,(H,21,25). The van der Waals surface area contributed by atoms with E-state index in [1.54, 1.807) is 12.0 Å². The van der Waals surface area contributed by atoms with Gasteiger partial charge in [-0.15, -0.1) is 0 Å². The Morgan fingerprint density at radius 2 is 1.85 bits per heavy atom. The second-order valence-electron chi connectivity index (χ2n) is 6.07. The highest BCUT2D eigenvalue weighted by atomic mass is 16.5. The molecule has 26 heavy (non-hydrogen) atoms. The monoisotopic (exact) mass is 357 g/mol. The summed E-state index contributed by atoms with van der Waals surface area (Å²) in [6, 6.07) is 9.52. The van der Waals surface area contributed by atoms with Gasteiger partial charge >= 0.3 is 0 Å². The largest absolute Gasteiger partial charge is 0.497 e. The number of aromatic nitrogens is 1. The normalized spacial score (nSPS) is 10.5. The number of likely N-dealkylation sites (N-methyl/N-ethyl adjacent to an activating group) is 1. The van der Waals surface area contributed by atoms with Crippen LogP contribution in [-0.2, 0) is 4.79 Å². The lowest BCUT2D eigenvalue weighted by atomic mass is 10.2. The second kappa shape index (κ2) is 8.56. The smallest absolute Gasteiger partial charge is 0.253 e. The van der Waals surface area contributed by atoms with E-state index < -0.39 is 0 Å². The maximum absolute atomic E-state index is 12.6. The minimum absolute atomic E-state index is 0.00331. The van der Waals surface area contributed by atoms with Crippen LogP contribution in [0.1, 0.15) is 35.6 Å². The molecule has 2 aromatic rings. The first kappa shape index (κ1) is 19.6. The minimum Gasteiger partial charge on any atom is -0.497 e. The fourth-order valence-electron chi connectivity index (χ4n) is 3.08. The van der Waals surface area contributed by atoms with Crippen molar-refractivity contribution in [3.05, 3.63) is 47.3 Å². The third-order valence-corrected chi connectivity index (χ3v) is 4.50. The summed E-state index contributed by atoms with van der Waals surface area (Å²) < 4.78 is 7.29. The molecular formula is C20H27N3O3. The second-order valence-corrected chi connectivity index (χ2v) is 6.07. The maximum atomic E-state index is 12.6. The van der Waals surface area contributed by atoms with Crippen LogP contribution >= 0.6 is 0 Å². The first-order chi connectivity index (χ1) is 12.4. The molecule has 0 saturated carbocycles. The van der Waals surface area contributed by atoms with Gasteiger partial charge in [0.2, 0.25) is 5.91 Å². The van der Waals surface area contributed by atoms with Gasteiger partial charge in [0.1, 0.15) is 5.75 Å². The topological polar surface area (TPSA) is 63.6 Å². The molecular weight excluding hydrogens is 330 g/mol. The average molecular weight is 357 g/mol. The number of carbonyl (C=O) groups excluding carboxylic acids is 2. The number of carbonyl (C=O) groups is 2. The summed E-state index contributed by atoms with van der Waals surface area (Å²) in [5, 5.41) is 2.74. The van der Waals surface area contributed by atoms with Gasteiger partial charge in [0.25, 0.3) is 5.91 Å². The highest BCUT2D eigenvalue weighted by Gasteiger charge is 2.18. The summed E-state index contributed by atoms with van der Waals surface area (Å²) in [5.41, 5.74) is 3.26. The Morgan fingerprint density at radius 1 is 1.15 bits per heavy atom. The van der Waals surface area contributed by atoms with Gasteiger partial charge in [-0.05, 0) is 45.9 Å². The van der Waals surface area contributed by atoms with Crippen LogP contribution in [0.15, 0.2) is 30.3 Å². The van der Waals surface area contributed by atoms with Crippen LogP contribution in [0.5, 0.6) is 5.75 Å². The molecule has 0 radical (unpaired) electrons. The number of hydrogen-bond donors (Lipinski definition) is 1. The number of amides is 2. The first-order valence-corrected chi connectivity index (χ1v) is 8.82. The molecule has 0 fully saturated rings. The molecule has 0 unspecified atom stereocenters. The Balaban J connectivity index is 2.21. The third kappa shape index (κ3) is 4.07. The van der Waals surface area contributed by atoms with Gasteiger partial charge in [0.15, 0.2) is 0 Å². The molecule has 6 heteroatoms. The van der Waals surface area contributed by atoms with Crippen molar-refractivity contribution >= 4 is 11.8 Å². The van der Waals surface area contributed by atoms with E-state index in [2.05, 4.69) is 5.32 Å². The van der Waals surface area contributed by atoms with Crippen molar-refractivity contribution in [3.8, 4) is 11.4 Å². The lowest BCUT2D eigenvalue weighted by Crippen LogP contribution is -2.40. The number of rotatable bonds is 7. The van der Waals surface area contributed by atoms with Gasteiger partial charge in [0.05, 0.1) is 19.2 Å². The van der Waals surface area contributed by atoms with Crippen LogP contribution < -0.4 is 10.1 Å².